The van der Waals surface area contributed by atoms with Gasteiger partial charge in [-0.1, -0.05) is 60.7 Å². The second-order valence-corrected chi connectivity index (χ2v) is 5.85. The van der Waals surface area contributed by atoms with Crippen molar-refractivity contribution in [3.05, 3.63) is 83.1 Å². The molecule has 2 rings (SSSR count). The Labute approximate surface area is 159 Å². The minimum absolute atomic E-state index is 0.310. The molecule has 2 aromatic rings. The zero-order valence-electron chi connectivity index (χ0n) is 15.7. The van der Waals surface area contributed by atoms with Crippen LogP contribution < -0.4 is 10.6 Å². The third-order valence-electron chi connectivity index (χ3n) is 4.08. The summed E-state index contributed by atoms with van der Waals surface area (Å²) in [6.07, 6.45) is -0.638. The molecule has 6 nitrogen and oxygen atoms in total. The molecule has 0 heterocycles. The summed E-state index contributed by atoms with van der Waals surface area (Å²) in [7, 11) is 2.59. The molecule has 2 N–H and O–H groups in total. The second kappa shape index (κ2) is 10.0. The van der Waals surface area contributed by atoms with Crippen LogP contribution in [0.25, 0.3) is 0 Å². The first kappa shape index (κ1) is 20.0. The average molecular weight is 368 g/mol. The number of methoxy groups -OCH3 is 2. The number of hydrogen-bond acceptors (Lipinski definition) is 5. The van der Waals surface area contributed by atoms with Gasteiger partial charge in [-0.3, -0.25) is 0 Å². The van der Waals surface area contributed by atoms with Crippen LogP contribution in [-0.2, 0) is 20.8 Å². The minimum atomic E-state index is -0.714. The van der Waals surface area contributed by atoms with E-state index in [0.717, 1.165) is 11.1 Å². The van der Waals surface area contributed by atoms with Crippen molar-refractivity contribution in [3.8, 4) is 0 Å². The quantitative estimate of drug-likeness (QED) is 0.579. The number of esters is 1. The molecule has 0 aliphatic carbocycles. The van der Waals surface area contributed by atoms with Gasteiger partial charge in [-0.25, -0.2) is 9.59 Å². The third kappa shape index (κ3) is 5.60. The molecular weight excluding hydrogens is 344 g/mol. The smallest absolute Gasteiger partial charge is 0.407 e. The molecule has 2 aromatic carbocycles. The number of hydrogen-bond donors (Lipinski definition) is 2. The van der Waals surface area contributed by atoms with Crippen molar-refractivity contribution in [1.29, 1.82) is 0 Å². The predicted molar refractivity (Wildman–Crippen MR) is 103 cm³/mol. The number of carbonyl (C=O) groups excluding carboxylic acids is 2. The summed E-state index contributed by atoms with van der Waals surface area (Å²) >= 11 is 0. The molecule has 0 bridgehead atoms. The van der Waals surface area contributed by atoms with Gasteiger partial charge in [-0.15, -0.1) is 0 Å². The molecule has 0 saturated carbocycles. The Kier molecular flexibility index (Phi) is 7.43. The van der Waals surface area contributed by atoms with E-state index in [-0.39, 0.29) is 0 Å². The fourth-order valence-electron chi connectivity index (χ4n) is 2.67. The molecule has 1 amide bonds. The van der Waals surface area contributed by atoms with Gasteiger partial charge in [0.25, 0.3) is 0 Å². The van der Waals surface area contributed by atoms with Gasteiger partial charge in [0.2, 0.25) is 0 Å². The topological polar surface area (TPSA) is 76.7 Å². The Bertz CT molecular complexity index is 788. The predicted octanol–water partition coefficient (Wildman–Crippen LogP) is 3.32. The normalized spacial score (nSPS) is 12.4. The van der Waals surface area contributed by atoms with E-state index >= 15 is 0 Å². The zero-order chi connectivity index (χ0) is 19.6. The number of nitrogens with one attached hydrogen (secondary N) is 2. The van der Waals surface area contributed by atoms with Crippen molar-refractivity contribution in [1.82, 2.24) is 10.6 Å². The number of allylic oxidation sites excluding steroid dienone is 1. The Morgan fingerprint density at radius 3 is 2.07 bits per heavy atom. The van der Waals surface area contributed by atoms with Crippen LogP contribution in [0, 0.1) is 0 Å². The van der Waals surface area contributed by atoms with Crippen LogP contribution in [0.15, 0.2) is 71.9 Å². The number of amides is 1. The number of ether oxygens (including phenoxy) is 2. The van der Waals surface area contributed by atoms with E-state index in [1.165, 1.54) is 14.2 Å². The first-order valence-corrected chi connectivity index (χ1v) is 8.53. The summed E-state index contributed by atoms with van der Waals surface area (Å²) in [5, 5.41) is 5.96. The molecule has 27 heavy (non-hydrogen) atoms. The highest BCUT2D eigenvalue weighted by Gasteiger charge is 2.28. The molecule has 0 radical (unpaired) electrons. The van der Waals surface area contributed by atoms with Gasteiger partial charge in [0.1, 0.15) is 0 Å². The maximum atomic E-state index is 12.5. The lowest BCUT2D eigenvalue weighted by molar-refractivity contribution is -0.136. The van der Waals surface area contributed by atoms with Gasteiger partial charge in [0.15, 0.2) is 0 Å². The number of rotatable bonds is 7. The fourth-order valence-corrected chi connectivity index (χ4v) is 2.67. The standard InChI is InChI=1S/C21H24N2O4/c1-15(22-14-16-10-6-4-7-11-16)18(20(24)26-2)19(23-21(25)27-3)17-12-8-5-9-13-17/h4-13,19,22H,14H2,1-3H3,(H,23,25)/b18-15-/t19-/m0/s1. The van der Waals surface area contributed by atoms with Crippen molar-refractivity contribution >= 4 is 12.1 Å². The molecule has 0 fully saturated rings. The maximum Gasteiger partial charge on any atom is 0.407 e. The van der Waals surface area contributed by atoms with E-state index in [0.29, 0.717) is 17.8 Å². The highest BCUT2D eigenvalue weighted by Crippen LogP contribution is 2.25. The minimum Gasteiger partial charge on any atom is -0.466 e. The van der Waals surface area contributed by atoms with Crippen LogP contribution in [0.5, 0.6) is 0 Å². The van der Waals surface area contributed by atoms with Crippen LogP contribution in [0.3, 0.4) is 0 Å². The maximum absolute atomic E-state index is 12.5. The van der Waals surface area contributed by atoms with Crippen LogP contribution >= 0.6 is 0 Å². The Hall–Kier alpha value is -3.28. The van der Waals surface area contributed by atoms with E-state index in [4.69, 9.17) is 9.47 Å². The van der Waals surface area contributed by atoms with E-state index in [1.54, 1.807) is 6.92 Å². The van der Waals surface area contributed by atoms with Crippen LogP contribution in [-0.4, -0.2) is 26.3 Å². The molecule has 0 aliphatic heterocycles. The summed E-state index contributed by atoms with van der Waals surface area (Å²) in [5.41, 5.74) is 2.73. The molecule has 1 atom stereocenters. The Morgan fingerprint density at radius 2 is 1.52 bits per heavy atom. The number of benzene rings is 2. The van der Waals surface area contributed by atoms with Gasteiger partial charge >= 0.3 is 12.1 Å². The molecule has 142 valence electrons. The summed E-state index contributed by atoms with van der Waals surface area (Å²) in [5.74, 6) is -0.529. The summed E-state index contributed by atoms with van der Waals surface area (Å²) in [4.78, 5) is 24.4. The lowest BCUT2D eigenvalue weighted by atomic mass is 9.97. The third-order valence-corrected chi connectivity index (χ3v) is 4.08. The summed E-state index contributed by atoms with van der Waals surface area (Å²) < 4.78 is 9.70. The second-order valence-electron chi connectivity index (χ2n) is 5.85. The highest BCUT2D eigenvalue weighted by atomic mass is 16.5. The monoisotopic (exact) mass is 368 g/mol. The van der Waals surface area contributed by atoms with E-state index in [1.807, 2.05) is 60.7 Å². The van der Waals surface area contributed by atoms with Gasteiger partial charge in [-0.2, -0.15) is 0 Å². The SMILES string of the molecule is COC(=O)N[C@H](/C(C(=O)OC)=C(\C)NCc1ccccc1)c1ccccc1. The molecule has 0 unspecified atom stereocenters. The van der Waals surface area contributed by atoms with E-state index < -0.39 is 18.1 Å². The van der Waals surface area contributed by atoms with Crippen molar-refractivity contribution in [2.24, 2.45) is 0 Å². The van der Waals surface area contributed by atoms with Crippen LogP contribution in [0.2, 0.25) is 0 Å². The Balaban J connectivity index is 2.39. The molecule has 0 spiro atoms. The lowest BCUT2D eigenvalue weighted by Crippen LogP contribution is -2.34. The average Bonchev–Trinajstić information content (AvgIpc) is 2.72. The first-order valence-electron chi connectivity index (χ1n) is 8.53. The Morgan fingerprint density at radius 1 is 0.926 bits per heavy atom. The van der Waals surface area contributed by atoms with Crippen molar-refractivity contribution in [3.63, 3.8) is 0 Å². The fraction of sp³-hybridized carbons (Fsp3) is 0.238. The van der Waals surface area contributed by atoms with Gasteiger partial charge in [0.05, 0.1) is 25.8 Å². The summed E-state index contributed by atoms with van der Waals surface area (Å²) in [6, 6.07) is 18.3. The molecule has 0 saturated heterocycles. The van der Waals surface area contributed by atoms with Crippen molar-refractivity contribution in [2.45, 2.75) is 19.5 Å². The van der Waals surface area contributed by atoms with Crippen molar-refractivity contribution < 1.29 is 19.1 Å². The van der Waals surface area contributed by atoms with E-state index in [9.17, 15) is 9.59 Å². The van der Waals surface area contributed by atoms with Gasteiger partial charge in [0, 0.05) is 12.2 Å². The van der Waals surface area contributed by atoms with Gasteiger partial charge < -0.3 is 20.1 Å². The first-order chi connectivity index (χ1) is 13.1. The van der Waals surface area contributed by atoms with Crippen LogP contribution in [0.1, 0.15) is 24.1 Å². The van der Waals surface area contributed by atoms with E-state index in [2.05, 4.69) is 10.6 Å². The number of carbonyl (C=O) groups is 2. The summed E-state index contributed by atoms with van der Waals surface area (Å²) in [6.45, 7) is 2.32. The molecule has 6 heteroatoms. The zero-order valence-corrected chi connectivity index (χ0v) is 15.7. The largest absolute Gasteiger partial charge is 0.466 e. The highest BCUT2D eigenvalue weighted by molar-refractivity contribution is 5.91. The van der Waals surface area contributed by atoms with Gasteiger partial charge in [-0.05, 0) is 18.1 Å². The number of alkyl carbamates (subject to hydrolysis) is 1. The molecule has 0 aliphatic rings. The van der Waals surface area contributed by atoms with Crippen molar-refractivity contribution in [2.75, 3.05) is 14.2 Å². The lowest BCUT2D eigenvalue weighted by Gasteiger charge is -2.23. The molecular formula is C21H24N2O4. The molecule has 0 aromatic heterocycles. The van der Waals surface area contributed by atoms with Crippen LogP contribution in [0.4, 0.5) is 4.79 Å².